The minimum absolute atomic E-state index is 0.118. The van der Waals surface area contributed by atoms with Crippen LogP contribution in [0.1, 0.15) is 29.6 Å². The second kappa shape index (κ2) is 7.33. The van der Waals surface area contributed by atoms with Gasteiger partial charge < -0.3 is 24.0 Å². The van der Waals surface area contributed by atoms with Crippen LogP contribution in [-0.2, 0) is 14.3 Å². The van der Waals surface area contributed by atoms with Gasteiger partial charge in [0, 0.05) is 13.1 Å². The molecule has 4 rings (SSSR count). The fourth-order valence-electron chi connectivity index (χ4n) is 3.81. The molecule has 2 heterocycles. The Morgan fingerprint density at radius 1 is 1.07 bits per heavy atom. The van der Waals surface area contributed by atoms with Gasteiger partial charge in [0.25, 0.3) is 11.8 Å². The molecule has 1 aliphatic carbocycles. The maximum atomic E-state index is 14.3. The number of halogens is 1. The van der Waals surface area contributed by atoms with Crippen LogP contribution < -0.4 is 4.74 Å². The summed E-state index contributed by atoms with van der Waals surface area (Å²) in [4.78, 5) is 28.7. The molecule has 7 nitrogen and oxygen atoms in total. The lowest BCUT2D eigenvalue weighted by Gasteiger charge is -2.43. The Labute approximate surface area is 163 Å². The minimum atomic E-state index is -1.73. The number of carbonyl (C=O) groups is 2. The van der Waals surface area contributed by atoms with Gasteiger partial charge in [0.15, 0.2) is 5.67 Å². The normalized spacial score (nSPS) is 26.6. The van der Waals surface area contributed by atoms with Crippen molar-refractivity contribution in [3.63, 3.8) is 0 Å². The number of nitrogens with zero attached hydrogens (tertiary/aromatic N) is 2. The second-order valence-electron chi connectivity index (χ2n) is 7.58. The highest BCUT2D eigenvalue weighted by Crippen LogP contribution is 2.42. The number of morpholine rings is 1. The Balaban J connectivity index is 1.53. The topological polar surface area (TPSA) is 68.3 Å². The summed E-state index contributed by atoms with van der Waals surface area (Å²) in [6.45, 7) is 1.79. The summed E-state index contributed by atoms with van der Waals surface area (Å²) in [5, 5.41) is 0. The summed E-state index contributed by atoms with van der Waals surface area (Å²) < 4.78 is 31.5. The maximum absolute atomic E-state index is 14.3. The van der Waals surface area contributed by atoms with Crippen LogP contribution in [0.25, 0.3) is 0 Å². The van der Waals surface area contributed by atoms with E-state index in [9.17, 15) is 14.0 Å². The Kier molecular flexibility index (Phi) is 5.01. The van der Waals surface area contributed by atoms with Crippen LogP contribution in [0.15, 0.2) is 24.3 Å². The van der Waals surface area contributed by atoms with Crippen LogP contribution in [0, 0.1) is 0 Å². The van der Waals surface area contributed by atoms with Crippen molar-refractivity contribution < 1.29 is 28.2 Å². The average molecular weight is 392 g/mol. The molecule has 0 radical (unpaired) electrons. The molecular formula is C20H25FN2O5. The van der Waals surface area contributed by atoms with E-state index in [1.807, 2.05) is 0 Å². The zero-order chi connectivity index (χ0) is 19.8. The summed E-state index contributed by atoms with van der Waals surface area (Å²) in [6.07, 6.45) is 1.15. The number of amides is 2. The number of alkyl halides is 1. The van der Waals surface area contributed by atoms with Gasteiger partial charge in [-0.05, 0) is 31.4 Å². The largest absolute Gasteiger partial charge is 0.496 e. The van der Waals surface area contributed by atoms with E-state index in [-0.39, 0.29) is 38.4 Å². The predicted octanol–water partition coefficient (Wildman–Crippen LogP) is 1.61. The van der Waals surface area contributed by atoms with Crippen LogP contribution in [0.2, 0.25) is 0 Å². The lowest BCUT2D eigenvalue weighted by atomic mass is 10.1. The number of hydrogen-bond acceptors (Lipinski definition) is 5. The minimum Gasteiger partial charge on any atom is -0.496 e. The van der Waals surface area contributed by atoms with Gasteiger partial charge in [-0.25, -0.2) is 4.39 Å². The van der Waals surface area contributed by atoms with Gasteiger partial charge in [-0.15, -0.1) is 0 Å². The summed E-state index contributed by atoms with van der Waals surface area (Å²) in [5.41, 5.74) is -1.27. The summed E-state index contributed by atoms with van der Waals surface area (Å²) in [6, 6.07) is 7.04. The first-order chi connectivity index (χ1) is 13.5. The average Bonchev–Trinajstić information content (AvgIpc) is 3.50. The first-order valence-electron chi connectivity index (χ1n) is 9.65. The van der Waals surface area contributed by atoms with Gasteiger partial charge in [-0.3, -0.25) is 9.59 Å². The highest BCUT2D eigenvalue weighted by molar-refractivity contribution is 5.97. The lowest BCUT2D eigenvalue weighted by Crippen LogP contribution is -2.60. The molecule has 152 valence electrons. The number of para-hydroxylation sites is 1. The van der Waals surface area contributed by atoms with Gasteiger partial charge in [-0.1, -0.05) is 12.1 Å². The number of benzene rings is 1. The molecule has 0 bridgehead atoms. The Morgan fingerprint density at radius 2 is 1.79 bits per heavy atom. The van der Waals surface area contributed by atoms with E-state index < -0.39 is 17.4 Å². The van der Waals surface area contributed by atoms with E-state index in [0.717, 1.165) is 0 Å². The van der Waals surface area contributed by atoms with E-state index in [1.165, 1.54) is 12.0 Å². The van der Waals surface area contributed by atoms with Crippen LogP contribution in [0.3, 0.4) is 0 Å². The first kappa shape index (κ1) is 19.1. The standard InChI is InChI=1S/C20H25FN2O5/c1-26-16-6-3-2-5-15(16)17(24)22-10-12-28-20(13-22)14-23(9-4-11-27-20)18(25)19(21)7-8-19/h2-3,5-6H,4,7-14H2,1H3. The summed E-state index contributed by atoms with van der Waals surface area (Å²) >= 11 is 0. The number of ether oxygens (including phenoxy) is 3. The molecule has 0 aromatic heterocycles. The van der Waals surface area contributed by atoms with Crippen LogP contribution in [-0.4, -0.2) is 79.6 Å². The molecule has 2 saturated heterocycles. The second-order valence-corrected chi connectivity index (χ2v) is 7.58. The number of carbonyl (C=O) groups excluding carboxylic acids is 2. The smallest absolute Gasteiger partial charge is 0.260 e. The van der Waals surface area contributed by atoms with Crippen LogP contribution in [0.4, 0.5) is 4.39 Å². The molecule has 1 aromatic rings. The monoisotopic (exact) mass is 392 g/mol. The summed E-state index contributed by atoms with van der Waals surface area (Å²) in [5.74, 6) is -1.31. The number of methoxy groups -OCH3 is 1. The molecule has 1 atom stereocenters. The third kappa shape index (κ3) is 3.58. The molecule has 1 unspecified atom stereocenters. The van der Waals surface area contributed by atoms with E-state index in [1.54, 1.807) is 29.2 Å². The van der Waals surface area contributed by atoms with Crippen LogP contribution in [0.5, 0.6) is 5.75 Å². The SMILES string of the molecule is COc1ccccc1C(=O)N1CCOC2(C1)CN(C(=O)C1(F)CC1)CCCO2. The molecular weight excluding hydrogens is 367 g/mol. The highest BCUT2D eigenvalue weighted by Gasteiger charge is 2.54. The maximum Gasteiger partial charge on any atom is 0.260 e. The van der Waals surface area contributed by atoms with Crippen molar-refractivity contribution in [1.29, 1.82) is 0 Å². The Morgan fingerprint density at radius 3 is 2.54 bits per heavy atom. The third-order valence-electron chi connectivity index (χ3n) is 5.51. The lowest BCUT2D eigenvalue weighted by molar-refractivity contribution is -0.260. The molecule has 3 fully saturated rings. The van der Waals surface area contributed by atoms with Crippen molar-refractivity contribution in [3.05, 3.63) is 29.8 Å². The van der Waals surface area contributed by atoms with Gasteiger partial charge in [0.05, 0.1) is 39.0 Å². The quantitative estimate of drug-likeness (QED) is 0.782. The van der Waals surface area contributed by atoms with Gasteiger partial charge in [0.1, 0.15) is 5.75 Å². The molecule has 1 spiro atoms. The number of hydrogen-bond donors (Lipinski definition) is 0. The van der Waals surface area contributed by atoms with E-state index in [4.69, 9.17) is 14.2 Å². The molecule has 3 aliphatic rings. The van der Waals surface area contributed by atoms with Crippen molar-refractivity contribution in [2.45, 2.75) is 30.7 Å². The van der Waals surface area contributed by atoms with E-state index in [0.29, 0.717) is 37.4 Å². The molecule has 1 aromatic carbocycles. The fraction of sp³-hybridized carbons (Fsp3) is 0.600. The number of rotatable bonds is 3. The van der Waals surface area contributed by atoms with Gasteiger partial charge in [0.2, 0.25) is 5.79 Å². The molecule has 2 amide bonds. The molecule has 0 N–H and O–H groups in total. The van der Waals surface area contributed by atoms with Crippen molar-refractivity contribution in [2.75, 3.05) is 46.5 Å². The first-order valence-corrected chi connectivity index (χ1v) is 9.65. The molecule has 28 heavy (non-hydrogen) atoms. The van der Waals surface area contributed by atoms with Crippen molar-refractivity contribution in [1.82, 2.24) is 9.80 Å². The fourth-order valence-corrected chi connectivity index (χ4v) is 3.81. The van der Waals surface area contributed by atoms with Gasteiger partial charge >= 0.3 is 0 Å². The Hall–Kier alpha value is -2.19. The zero-order valence-corrected chi connectivity index (χ0v) is 16.0. The Bertz CT molecular complexity index is 769. The molecule has 1 saturated carbocycles. The van der Waals surface area contributed by atoms with E-state index in [2.05, 4.69) is 0 Å². The third-order valence-corrected chi connectivity index (χ3v) is 5.51. The molecule has 8 heteroatoms. The zero-order valence-electron chi connectivity index (χ0n) is 16.0. The molecule has 2 aliphatic heterocycles. The van der Waals surface area contributed by atoms with Crippen molar-refractivity contribution in [3.8, 4) is 5.75 Å². The van der Waals surface area contributed by atoms with E-state index >= 15 is 0 Å². The highest BCUT2D eigenvalue weighted by atomic mass is 19.1. The van der Waals surface area contributed by atoms with Crippen molar-refractivity contribution in [2.24, 2.45) is 0 Å². The van der Waals surface area contributed by atoms with Gasteiger partial charge in [-0.2, -0.15) is 0 Å². The summed E-state index contributed by atoms with van der Waals surface area (Å²) in [7, 11) is 1.52. The van der Waals surface area contributed by atoms with Crippen LogP contribution >= 0.6 is 0 Å². The van der Waals surface area contributed by atoms with Crippen molar-refractivity contribution >= 4 is 11.8 Å². The predicted molar refractivity (Wildman–Crippen MR) is 97.8 cm³/mol.